The Bertz CT molecular complexity index is 806. The van der Waals surface area contributed by atoms with Crippen molar-refractivity contribution in [3.63, 3.8) is 0 Å². The average Bonchev–Trinajstić information content (AvgIpc) is 3.03. The van der Waals surface area contributed by atoms with Crippen LogP contribution in [-0.4, -0.2) is 25.1 Å². The van der Waals surface area contributed by atoms with Crippen molar-refractivity contribution in [2.75, 3.05) is 14.2 Å². The number of benzene rings is 2. The Morgan fingerprint density at radius 3 is 2.65 bits per heavy atom. The molecule has 0 radical (unpaired) electrons. The quantitative estimate of drug-likeness (QED) is 0.761. The lowest BCUT2D eigenvalue weighted by Crippen LogP contribution is -2.23. The van der Waals surface area contributed by atoms with Gasteiger partial charge in [0.2, 0.25) is 0 Å². The van der Waals surface area contributed by atoms with Gasteiger partial charge in [-0.1, -0.05) is 18.2 Å². The molecular formula is C18H18N2O3. The SMILES string of the molecule is COc1ccc(CNC(=O)c2cc3ccccc3[nH]2)c(OC)c1. The van der Waals surface area contributed by atoms with Gasteiger partial charge < -0.3 is 19.8 Å². The van der Waals surface area contributed by atoms with Gasteiger partial charge in [-0.2, -0.15) is 0 Å². The maximum Gasteiger partial charge on any atom is 0.267 e. The van der Waals surface area contributed by atoms with Crippen LogP contribution in [-0.2, 0) is 6.54 Å². The van der Waals surface area contributed by atoms with Gasteiger partial charge in [0.25, 0.3) is 5.91 Å². The molecule has 5 heteroatoms. The van der Waals surface area contributed by atoms with E-state index in [1.807, 2.05) is 42.5 Å². The van der Waals surface area contributed by atoms with Crippen molar-refractivity contribution in [2.24, 2.45) is 0 Å². The van der Waals surface area contributed by atoms with Gasteiger partial charge in [-0.3, -0.25) is 4.79 Å². The van der Waals surface area contributed by atoms with Crippen molar-refractivity contribution in [1.29, 1.82) is 0 Å². The Kier molecular flexibility index (Phi) is 4.19. The van der Waals surface area contributed by atoms with Crippen LogP contribution < -0.4 is 14.8 Å². The fraction of sp³-hybridized carbons (Fsp3) is 0.167. The third-order valence-electron chi connectivity index (χ3n) is 3.71. The van der Waals surface area contributed by atoms with Crippen LogP contribution in [0.15, 0.2) is 48.5 Å². The number of fused-ring (bicyclic) bond motifs is 1. The number of carbonyl (C=O) groups excluding carboxylic acids is 1. The fourth-order valence-electron chi connectivity index (χ4n) is 2.46. The normalized spacial score (nSPS) is 10.5. The van der Waals surface area contributed by atoms with Crippen molar-refractivity contribution in [3.8, 4) is 11.5 Å². The second-order valence-corrected chi connectivity index (χ2v) is 5.13. The summed E-state index contributed by atoms with van der Waals surface area (Å²) in [6.07, 6.45) is 0. The van der Waals surface area contributed by atoms with Crippen LogP contribution in [0, 0.1) is 0 Å². The van der Waals surface area contributed by atoms with Crippen molar-refractivity contribution in [1.82, 2.24) is 10.3 Å². The van der Waals surface area contributed by atoms with Gasteiger partial charge >= 0.3 is 0 Å². The third-order valence-corrected chi connectivity index (χ3v) is 3.71. The summed E-state index contributed by atoms with van der Waals surface area (Å²) in [7, 11) is 3.20. The van der Waals surface area contributed by atoms with E-state index < -0.39 is 0 Å². The largest absolute Gasteiger partial charge is 0.497 e. The number of amides is 1. The van der Waals surface area contributed by atoms with Gasteiger partial charge in [0.15, 0.2) is 0 Å². The summed E-state index contributed by atoms with van der Waals surface area (Å²) in [4.78, 5) is 15.4. The third kappa shape index (κ3) is 3.13. The number of aromatic amines is 1. The number of rotatable bonds is 5. The van der Waals surface area contributed by atoms with Crippen molar-refractivity contribution < 1.29 is 14.3 Å². The van der Waals surface area contributed by atoms with E-state index in [2.05, 4.69) is 10.3 Å². The predicted octanol–water partition coefficient (Wildman–Crippen LogP) is 3.12. The summed E-state index contributed by atoms with van der Waals surface area (Å²) < 4.78 is 10.5. The summed E-state index contributed by atoms with van der Waals surface area (Å²) in [5.41, 5.74) is 2.37. The molecule has 0 aliphatic rings. The van der Waals surface area contributed by atoms with Crippen molar-refractivity contribution in [3.05, 3.63) is 59.8 Å². The summed E-state index contributed by atoms with van der Waals surface area (Å²) in [5, 5.41) is 3.91. The van der Waals surface area contributed by atoms with E-state index in [1.54, 1.807) is 20.3 Å². The molecule has 1 amide bonds. The number of para-hydroxylation sites is 1. The minimum atomic E-state index is -0.154. The zero-order valence-electron chi connectivity index (χ0n) is 13.1. The molecule has 1 aromatic heterocycles. The number of nitrogens with one attached hydrogen (secondary N) is 2. The molecule has 0 aliphatic carbocycles. The van der Waals surface area contributed by atoms with Crippen LogP contribution in [0.1, 0.15) is 16.1 Å². The molecule has 118 valence electrons. The summed E-state index contributed by atoms with van der Waals surface area (Å²) >= 11 is 0. The Balaban J connectivity index is 1.73. The Morgan fingerprint density at radius 2 is 1.91 bits per heavy atom. The molecule has 0 atom stereocenters. The minimum Gasteiger partial charge on any atom is -0.497 e. The molecule has 1 heterocycles. The zero-order valence-corrected chi connectivity index (χ0v) is 13.1. The Labute approximate surface area is 134 Å². The lowest BCUT2D eigenvalue weighted by molar-refractivity contribution is 0.0946. The number of ether oxygens (including phenoxy) is 2. The first-order chi connectivity index (χ1) is 11.2. The first-order valence-corrected chi connectivity index (χ1v) is 7.28. The molecule has 23 heavy (non-hydrogen) atoms. The van der Waals surface area contributed by atoms with Gasteiger partial charge in [-0.25, -0.2) is 0 Å². The average molecular weight is 310 g/mol. The summed E-state index contributed by atoms with van der Waals surface area (Å²) in [5.74, 6) is 1.24. The minimum absolute atomic E-state index is 0.154. The first-order valence-electron chi connectivity index (χ1n) is 7.28. The molecule has 0 bridgehead atoms. The van der Waals surface area contributed by atoms with Crippen molar-refractivity contribution >= 4 is 16.8 Å². The van der Waals surface area contributed by atoms with Crippen LogP contribution in [0.2, 0.25) is 0 Å². The highest BCUT2D eigenvalue weighted by atomic mass is 16.5. The van der Waals surface area contributed by atoms with E-state index >= 15 is 0 Å². The van der Waals surface area contributed by atoms with Crippen LogP contribution >= 0.6 is 0 Å². The first kappa shape index (κ1) is 15.0. The summed E-state index contributed by atoms with van der Waals surface area (Å²) in [6, 6.07) is 15.1. The molecule has 3 aromatic rings. The second-order valence-electron chi connectivity index (χ2n) is 5.13. The van der Waals surface area contributed by atoms with E-state index in [9.17, 15) is 4.79 Å². The van der Waals surface area contributed by atoms with E-state index in [-0.39, 0.29) is 5.91 Å². The van der Waals surface area contributed by atoms with Gasteiger partial charge in [-0.05, 0) is 24.3 Å². The molecule has 0 aliphatic heterocycles. The predicted molar refractivity (Wildman–Crippen MR) is 89.0 cm³/mol. The zero-order chi connectivity index (χ0) is 16.2. The number of hydrogen-bond donors (Lipinski definition) is 2. The van der Waals surface area contributed by atoms with Gasteiger partial charge in [0.1, 0.15) is 17.2 Å². The molecule has 0 saturated heterocycles. The number of methoxy groups -OCH3 is 2. The number of hydrogen-bond acceptors (Lipinski definition) is 3. The molecule has 2 N–H and O–H groups in total. The number of aromatic nitrogens is 1. The molecular weight excluding hydrogens is 292 g/mol. The Hall–Kier alpha value is -2.95. The molecule has 3 rings (SSSR count). The highest BCUT2D eigenvalue weighted by Gasteiger charge is 2.11. The Morgan fingerprint density at radius 1 is 1.09 bits per heavy atom. The van der Waals surface area contributed by atoms with Crippen LogP contribution in [0.5, 0.6) is 11.5 Å². The lowest BCUT2D eigenvalue weighted by atomic mass is 10.2. The highest BCUT2D eigenvalue weighted by Crippen LogP contribution is 2.24. The number of H-pyrrole nitrogens is 1. The molecule has 0 spiro atoms. The molecule has 0 fully saturated rings. The van der Waals surface area contributed by atoms with Gasteiger partial charge in [0, 0.05) is 29.1 Å². The van der Waals surface area contributed by atoms with E-state index in [1.165, 1.54) is 0 Å². The van der Waals surface area contributed by atoms with Crippen molar-refractivity contribution in [2.45, 2.75) is 6.54 Å². The highest BCUT2D eigenvalue weighted by molar-refractivity contribution is 5.97. The van der Waals surface area contributed by atoms with E-state index in [0.717, 1.165) is 16.5 Å². The van der Waals surface area contributed by atoms with Gasteiger partial charge in [-0.15, -0.1) is 0 Å². The smallest absolute Gasteiger partial charge is 0.267 e. The van der Waals surface area contributed by atoms with E-state index in [0.29, 0.717) is 23.7 Å². The van der Waals surface area contributed by atoms with Gasteiger partial charge in [0.05, 0.1) is 14.2 Å². The summed E-state index contributed by atoms with van der Waals surface area (Å²) in [6.45, 7) is 0.376. The molecule has 5 nitrogen and oxygen atoms in total. The van der Waals surface area contributed by atoms with Crippen LogP contribution in [0.3, 0.4) is 0 Å². The molecule has 2 aromatic carbocycles. The van der Waals surface area contributed by atoms with Crippen LogP contribution in [0.25, 0.3) is 10.9 Å². The molecule has 0 saturated carbocycles. The fourth-order valence-corrected chi connectivity index (χ4v) is 2.46. The monoisotopic (exact) mass is 310 g/mol. The maximum absolute atomic E-state index is 12.3. The molecule has 0 unspecified atom stereocenters. The standard InChI is InChI=1S/C18H18N2O3/c1-22-14-8-7-13(17(10-14)23-2)11-19-18(21)16-9-12-5-3-4-6-15(12)20-16/h3-10,20H,11H2,1-2H3,(H,19,21). The second kappa shape index (κ2) is 6.44. The maximum atomic E-state index is 12.3. The van der Waals surface area contributed by atoms with E-state index in [4.69, 9.17) is 9.47 Å². The number of carbonyl (C=O) groups is 1. The van der Waals surface area contributed by atoms with Crippen LogP contribution in [0.4, 0.5) is 0 Å². The lowest BCUT2D eigenvalue weighted by Gasteiger charge is -2.11. The topological polar surface area (TPSA) is 63.3 Å².